The summed E-state index contributed by atoms with van der Waals surface area (Å²) in [6.07, 6.45) is 0.679. The third-order valence-electron chi connectivity index (χ3n) is 2.86. The van der Waals surface area contributed by atoms with Crippen LogP contribution in [-0.2, 0) is 14.4 Å². The Labute approximate surface area is 135 Å². The number of thioether (sulfide) groups is 1. The third-order valence-corrected chi connectivity index (χ3v) is 4.20. The van der Waals surface area contributed by atoms with E-state index in [-0.39, 0.29) is 9.23 Å². The quantitative estimate of drug-likeness (QED) is 0.510. The molecule has 1 saturated heterocycles. The largest absolute Gasteiger partial charge is 0.550 e. The van der Waals surface area contributed by atoms with Gasteiger partial charge in [-0.15, -0.1) is 0 Å². The van der Waals surface area contributed by atoms with Crippen LogP contribution in [0, 0.1) is 0 Å². The van der Waals surface area contributed by atoms with Gasteiger partial charge in [0.05, 0.1) is 16.9 Å². The molecule has 0 saturated carbocycles. The van der Waals surface area contributed by atoms with E-state index in [1.54, 1.807) is 30.3 Å². The normalized spacial score (nSPS) is 17.8. The van der Waals surface area contributed by atoms with Crippen molar-refractivity contribution < 1.29 is 24.6 Å². The zero-order valence-electron chi connectivity index (χ0n) is 11.1. The van der Waals surface area contributed by atoms with Crippen LogP contribution < -0.4 is 10.2 Å². The molecule has 0 N–H and O–H groups in total. The van der Waals surface area contributed by atoms with Crippen molar-refractivity contribution in [2.24, 2.45) is 0 Å². The van der Waals surface area contributed by atoms with Gasteiger partial charge in [0.15, 0.2) is 0 Å². The minimum atomic E-state index is -1.69. The van der Waals surface area contributed by atoms with E-state index in [9.17, 15) is 24.6 Å². The Morgan fingerprint density at radius 2 is 1.91 bits per heavy atom. The van der Waals surface area contributed by atoms with Gasteiger partial charge >= 0.3 is 0 Å². The summed E-state index contributed by atoms with van der Waals surface area (Å²) in [5.74, 6) is -3.95. The van der Waals surface area contributed by atoms with Crippen LogP contribution in [-0.4, -0.2) is 33.1 Å². The number of carboxylic acids is 2. The number of benzene rings is 1. The Bertz CT molecular complexity index is 671. The van der Waals surface area contributed by atoms with Crippen molar-refractivity contribution in [2.75, 3.05) is 0 Å². The Morgan fingerprint density at radius 3 is 2.45 bits per heavy atom. The summed E-state index contributed by atoms with van der Waals surface area (Å²) in [6, 6.07) is 7.24. The summed E-state index contributed by atoms with van der Waals surface area (Å²) in [7, 11) is 0. The summed E-state index contributed by atoms with van der Waals surface area (Å²) < 4.78 is -0.0253. The zero-order valence-corrected chi connectivity index (χ0v) is 12.7. The van der Waals surface area contributed by atoms with Crippen molar-refractivity contribution in [3.8, 4) is 0 Å². The van der Waals surface area contributed by atoms with E-state index in [2.05, 4.69) is 0 Å². The maximum absolute atomic E-state index is 12.3. The molecule has 1 aliphatic rings. The fourth-order valence-electron chi connectivity index (χ4n) is 1.89. The van der Waals surface area contributed by atoms with Crippen LogP contribution in [0.15, 0.2) is 35.2 Å². The number of thiocarbonyl (C=S) groups is 1. The number of hydrogen-bond donors (Lipinski definition) is 0. The van der Waals surface area contributed by atoms with Gasteiger partial charge in [0.1, 0.15) is 4.32 Å². The fraction of sp³-hybridized carbons (Fsp3) is 0.143. The first-order valence-corrected chi connectivity index (χ1v) is 7.35. The van der Waals surface area contributed by atoms with Gasteiger partial charge in [-0.1, -0.05) is 54.3 Å². The number of hydrogen-bond acceptors (Lipinski definition) is 7. The summed E-state index contributed by atoms with van der Waals surface area (Å²) in [5.41, 5.74) is 0.743. The predicted molar refractivity (Wildman–Crippen MR) is 79.9 cm³/mol. The van der Waals surface area contributed by atoms with Crippen molar-refractivity contribution >= 4 is 52.2 Å². The minimum absolute atomic E-state index is 0.0253. The van der Waals surface area contributed by atoms with Gasteiger partial charge in [-0.3, -0.25) is 9.69 Å². The van der Waals surface area contributed by atoms with Gasteiger partial charge in [0, 0.05) is 12.4 Å². The summed E-state index contributed by atoms with van der Waals surface area (Å²) in [4.78, 5) is 35.0. The van der Waals surface area contributed by atoms with Crippen LogP contribution in [0.25, 0.3) is 6.08 Å². The number of aliphatic carboxylic acids is 2. The van der Waals surface area contributed by atoms with E-state index < -0.39 is 30.3 Å². The molecular weight excluding hydrogens is 326 g/mol. The highest BCUT2D eigenvalue weighted by atomic mass is 32.2. The average molecular weight is 335 g/mol. The van der Waals surface area contributed by atoms with Gasteiger partial charge in [-0.2, -0.15) is 0 Å². The van der Waals surface area contributed by atoms with Crippen molar-refractivity contribution in [1.82, 2.24) is 4.90 Å². The maximum Gasteiger partial charge on any atom is 0.266 e. The summed E-state index contributed by atoms with van der Waals surface area (Å²) in [5, 5.41) is 21.7. The molecule has 1 atom stereocenters. The predicted octanol–water partition coefficient (Wildman–Crippen LogP) is -0.854. The summed E-state index contributed by atoms with van der Waals surface area (Å²) >= 11 is 5.90. The molecule has 1 heterocycles. The molecule has 0 aromatic heterocycles. The number of amides is 1. The van der Waals surface area contributed by atoms with Crippen LogP contribution in [0.1, 0.15) is 12.0 Å². The van der Waals surface area contributed by atoms with Gasteiger partial charge in [-0.05, 0) is 11.6 Å². The second-order valence-electron chi connectivity index (χ2n) is 4.37. The SMILES string of the molecule is O=C([O-])C[C@@H](C(=O)[O-])N1C(=O)/C(=C/c2ccccc2)SC1=S. The van der Waals surface area contributed by atoms with E-state index in [1.807, 2.05) is 6.07 Å². The van der Waals surface area contributed by atoms with Crippen LogP contribution in [0.5, 0.6) is 0 Å². The Balaban J connectivity index is 2.30. The highest BCUT2D eigenvalue weighted by Gasteiger charge is 2.37. The first kappa shape index (κ1) is 16.2. The summed E-state index contributed by atoms with van der Waals surface area (Å²) in [6.45, 7) is 0. The highest BCUT2D eigenvalue weighted by molar-refractivity contribution is 8.26. The molecule has 0 unspecified atom stereocenters. The van der Waals surface area contributed by atoms with Crippen molar-refractivity contribution in [1.29, 1.82) is 0 Å². The molecule has 1 aromatic carbocycles. The molecule has 6 nitrogen and oxygen atoms in total. The van der Waals surface area contributed by atoms with Crippen molar-refractivity contribution in [3.05, 3.63) is 40.8 Å². The van der Waals surface area contributed by atoms with Gasteiger partial charge in [-0.25, -0.2) is 0 Å². The average Bonchev–Trinajstić information content (AvgIpc) is 2.72. The van der Waals surface area contributed by atoms with Crippen molar-refractivity contribution in [2.45, 2.75) is 12.5 Å². The molecule has 1 amide bonds. The van der Waals surface area contributed by atoms with Gasteiger partial charge in [0.25, 0.3) is 5.91 Å². The van der Waals surface area contributed by atoms with Gasteiger partial charge in [0.2, 0.25) is 0 Å². The maximum atomic E-state index is 12.3. The molecule has 114 valence electrons. The number of carbonyl (C=O) groups excluding carboxylic acids is 3. The molecule has 22 heavy (non-hydrogen) atoms. The number of carboxylic acid groups (broad SMARTS) is 2. The second kappa shape index (κ2) is 6.71. The topological polar surface area (TPSA) is 101 Å². The molecule has 8 heteroatoms. The number of carbonyl (C=O) groups is 3. The Kier molecular flexibility index (Phi) is 4.94. The number of nitrogens with zero attached hydrogens (tertiary/aromatic N) is 1. The van der Waals surface area contributed by atoms with Crippen molar-refractivity contribution in [3.63, 3.8) is 0 Å². The lowest BCUT2D eigenvalue weighted by Gasteiger charge is -2.27. The molecule has 0 aliphatic carbocycles. The van der Waals surface area contributed by atoms with Gasteiger partial charge < -0.3 is 19.8 Å². The fourth-order valence-corrected chi connectivity index (χ4v) is 3.24. The highest BCUT2D eigenvalue weighted by Crippen LogP contribution is 2.34. The Morgan fingerprint density at radius 1 is 1.27 bits per heavy atom. The first-order chi connectivity index (χ1) is 10.4. The second-order valence-corrected chi connectivity index (χ2v) is 6.05. The monoisotopic (exact) mass is 335 g/mol. The molecule has 2 rings (SSSR count). The lowest BCUT2D eigenvalue weighted by Crippen LogP contribution is -2.52. The molecular formula is C14H9NO5S2-2. The van der Waals surface area contributed by atoms with E-state index >= 15 is 0 Å². The Hall–Kier alpha value is -2.19. The van der Waals surface area contributed by atoms with Crippen LogP contribution in [0.2, 0.25) is 0 Å². The van der Waals surface area contributed by atoms with E-state index in [0.717, 1.165) is 22.2 Å². The molecule has 0 radical (unpaired) electrons. The van der Waals surface area contributed by atoms with E-state index in [4.69, 9.17) is 12.2 Å². The molecule has 0 bridgehead atoms. The third kappa shape index (κ3) is 3.52. The van der Waals surface area contributed by atoms with E-state index in [0.29, 0.717) is 0 Å². The van der Waals surface area contributed by atoms with E-state index in [1.165, 1.54) is 0 Å². The number of rotatable bonds is 5. The zero-order chi connectivity index (χ0) is 16.3. The molecule has 1 aromatic rings. The lowest BCUT2D eigenvalue weighted by atomic mass is 10.1. The minimum Gasteiger partial charge on any atom is -0.550 e. The smallest absolute Gasteiger partial charge is 0.266 e. The first-order valence-electron chi connectivity index (χ1n) is 6.13. The van der Waals surface area contributed by atoms with Crippen LogP contribution in [0.4, 0.5) is 0 Å². The molecule has 1 fully saturated rings. The molecule has 0 spiro atoms. The van der Waals surface area contributed by atoms with Crippen LogP contribution >= 0.6 is 24.0 Å². The van der Waals surface area contributed by atoms with Crippen LogP contribution in [0.3, 0.4) is 0 Å². The molecule has 1 aliphatic heterocycles. The standard InChI is InChI=1S/C14H11NO5S2/c16-11(17)7-9(13(19)20)15-12(18)10(22-14(15)21)6-8-4-2-1-3-5-8/h1-6,9H,7H2,(H,16,17)(H,19,20)/p-2/b10-6-/t9-/m0/s1. The lowest BCUT2D eigenvalue weighted by molar-refractivity contribution is -0.319.